The summed E-state index contributed by atoms with van der Waals surface area (Å²) in [5.41, 5.74) is 6.36. The van der Waals surface area contributed by atoms with Crippen LogP contribution in [-0.2, 0) is 9.59 Å². The van der Waals surface area contributed by atoms with Gasteiger partial charge in [-0.25, -0.2) is 0 Å². The highest BCUT2D eigenvalue weighted by molar-refractivity contribution is 6.40. The Morgan fingerprint density at radius 2 is 2.00 bits per heavy atom. The standard InChI is InChI=1S/C12H12ClN3O2/c1-7(17)10-6-11(12(14)18)16(15-10)9-4-2-8(13)3-5-9/h2-5,11H,6H2,1H3,(H2,14,18). The van der Waals surface area contributed by atoms with E-state index in [1.165, 1.54) is 11.9 Å². The molecule has 1 aliphatic heterocycles. The summed E-state index contributed by atoms with van der Waals surface area (Å²) < 4.78 is 0. The predicted octanol–water partition coefficient (Wildman–Crippen LogP) is 1.35. The number of carbonyl (C=O) groups excluding carboxylic acids is 2. The largest absolute Gasteiger partial charge is 0.368 e. The number of ketones is 1. The molecule has 1 atom stereocenters. The van der Waals surface area contributed by atoms with Gasteiger partial charge in [0.15, 0.2) is 5.78 Å². The molecule has 2 N–H and O–H groups in total. The van der Waals surface area contributed by atoms with Gasteiger partial charge in [0.1, 0.15) is 11.8 Å². The molecule has 2 rings (SSSR count). The zero-order chi connectivity index (χ0) is 13.3. The molecule has 0 radical (unpaired) electrons. The Labute approximate surface area is 109 Å². The summed E-state index contributed by atoms with van der Waals surface area (Å²) in [6.45, 7) is 1.42. The molecule has 0 bridgehead atoms. The number of nitrogens with zero attached hydrogens (tertiary/aromatic N) is 2. The molecular formula is C12H12ClN3O2. The number of hydrazone groups is 1. The maximum Gasteiger partial charge on any atom is 0.242 e. The van der Waals surface area contributed by atoms with Crippen LogP contribution in [0.3, 0.4) is 0 Å². The van der Waals surface area contributed by atoms with E-state index in [2.05, 4.69) is 5.10 Å². The van der Waals surface area contributed by atoms with E-state index in [0.717, 1.165) is 0 Å². The number of Topliss-reactive ketones (excluding diaryl/α,β-unsaturated/α-hetero) is 1. The molecule has 1 aromatic carbocycles. The first-order valence-electron chi connectivity index (χ1n) is 5.41. The number of hydrogen-bond acceptors (Lipinski definition) is 4. The molecule has 5 nitrogen and oxygen atoms in total. The fourth-order valence-corrected chi connectivity index (χ4v) is 1.90. The van der Waals surface area contributed by atoms with E-state index in [-0.39, 0.29) is 12.2 Å². The molecular weight excluding hydrogens is 254 g/mol. The van der Waals surface area contributed by atoms with Crippen LogP contribution in [0.4, 0.5) is 5.69 Å². The van der Waals surface area contributed by atoms with Gasteiger partial charge in [-0.3, -0.25) is 14.6 Å². The van der Waals surface area contributed by atoms with Crippen molar-refractivity contribution < 1.29 is 9.59 Å². The van der Waals surface area contributed by atoms with Crippen molar-refractivity contribution in [1.82, 2.24) is 0 Å². The summed E-state index contributed by atoms with van der Waals surface area (Å²) in [6.07, 6.45) is 0.243. The number of benzene rings is 1. The van der Waals surface area contributed by atoms with E-state index in [4.69, 9.17) is 17.3 Å². The third-order valence-electron chi connectivity index (χ3n) is 2.74. The van der Waals surface area contributed by atoms with Crippen molar-refractivity contribution >= 4 is 34.7 Å². The molecule has 6 heteroatoms. The molecule has 1 heterocycles. The van der Waals surface area contributed by atoms with Gasteiger partial charge in [-0.05, 0) is 24.3 Å². The summed E-state index contributed by atoms with van der Waals surface area (Å²) in [6, 6.07) is 6.22. The lowest BCUT2D eigenvalue weighted by molar-refractivity contribution is -0.119. The van der Waals surface area contributed by atoms with E-state index in [1.807, 2.05) is 0 Å². The van der Waals surface area contributed by atoms with Crippen molar-refractivity contribution in [1.29, 1.82) is 0 Å². The number of primary amides is 1. The first-order valence-corrected chi connectivity index (χ1v) is 5.79. The second-order valence-electron chi connectivity index (χ2n) is 4.05. The third kappa shape index (κ3) is 2.36. The quantitative estimate of drug-likeness (QED) is 0.896. The van der Waals surface area contributed by atoms with E-state index in [9.17, 15) is 9.59 Å². The highest BCUT2D eigenvalue weighted by atomic mass is 35.5. The first kappa shape index (κ1) is 12.6. The van der Waals surface area contributed by atoms with Crippen LogP contribution >= 0.6 is 11.6 Å². The Bertz CT molecular complexity index is 525. The van der Waals surface area contributed by atoms with Crippen LogP contribution in [0.25, 0.3) is 0 Å². The molecule has 0 aromatic heterocycles. The highest BCUT2D eigenvalue weighted by Gasteiger charge is 2.33. The molecule has 1 amide bonds. The van der Waals surface area contributed by atoms with Crippen LogP contribution in [0, 0.1) is 0 Å². The van der Waals surface area contributed by atoms with Crippen LogP contribution in [0.5, 0.6) is 0 Å². The second-order valence-corrected chi connectivity index (χ2v) is 4.48. The molecule has 94 valence electrons. The Morgan fingerprint density at radius 3 is 2.50 bits per heavy atom. The molecule has 0 aliphatic carbocycles. The van der Waals surface area contributed by atoms with Crippen LogP contribution in [-0.4, -0.2) is 23.4 Å². The van der Waals surface area contributed by atoms with E-state index >= 15 is 0 Å². The van der Waals surface area contributed by atoms with Gasteiger partial charge < -0.3 is 5.73 Å². The van der Waals surface area contributed by atoms with Gasteiger partial charge in [0.05, 0.1) is 5.69 Å². The smallest absolute Gasteiger partial charge is 0.242 e. The van der Waals surface area contributed by atoms with Crippen molar-refractivity contribution in [2.24, 2.45) is 10.8 Å². The Hall–Kier alpha value is -1.88. The lowest BCUT2D eigenvalue weighted by atomic mass is 10.1. The Kier molecular flexibility index (Phi) is 3.34. The molecule has 1 aliphatic rings. The monoisotopic (exact) mass is 265 g/mol. The molecule has 1 unspecified atom stereocenters. The summed E-state index contributed by atoms with van der Waals surface area (Å²) >= 11 is 5.80. The molecule has 0 fully saturated rings. The minimum absolute atomic E-state index is 0.155. The van der Waals surface area contributed by atoms with Crippen LogP contribution < -0.4 is 10.7 Å². The van der Waals surface area contributed by atoms with Crippen molar-refractivity contribution in [2.45, 2.75) is 19.4 Å². The number of amides is 1. The lowest BCUT2D eigenvalue weighted by Gasteiger charge is -2.20. The van der Waals surface area contributed by atoms with E-state index < -0.39 is 11.9 Å². The number of rotatable bonds is 3. The van der Waals surface area contributed by atoms with E-state index in [1.54, 1.807) is 24.3 Å². The third-order valence-corrected chi connectivity index (χ3v) is 2.99. The topological polar surface area (TPSA) is 75.8 Å². The fourth-order valence-electron chi connectivity index (χ4n) is 1.78. The lowest BCUT2D eigenvalue weighted by Crippen LogP contribution is -2.39. The van der Waals surface area contributed by atoms with Gasteiger partial charge in [0.25, 0.3) is 0 Å². The maximum absolute atomic E-state index is 11.4. The SMILES string of the molecule is CC(=O)C1=NN(c2ccc(Cl)cc2)C(C(N)=O)C1. The predicted molar refractivity (Wildman–Crippen MR) is 69.6 cm³/mol. The normalized spacial score (nSPS) is 18.7. The van der Waals surface area contributed by atoms with Crippen LogP contribution in [0.1, 0.15) is 13.3 Å². The average Bonchev–Trinajstić information content (AvgIpc) is 2.75. The van der Waals surface area contributed by atoms with Gasteiger partial charge in [0, 0.05) is 18.4 Å². The molecule has 1 aromatic rings. The number of halogens is 1. The fraction of sp³-hybridized carbons (Fsp3) is 0.250. The summed E-state index contributed by atoms with van der Waals surface area (Å²) in [5, 5.41) is 6.20. The van der Waals surface area contributed by atoms with Gasteiger partial charge in [-0.15, -0.1) is 0 Å². The zero-order valence-corrected chi connectivity index (χ0v) is 10.5. The number of carbonyl (C=O) groups is 2. The maximum atomic E-state index is 11.4. The summed E-state index contributed by atoms with van der Waals surface area (Å²) in [7, 11) is 0. The van der Waals surface area contributed by atoms with Crippen molar-refractivity contribution in [2.75, 3.05) is 5.01 Å². The first-order chi connectivity index (χ1) is 8.49. The van der Waals surface area contributed by atoms with Gasteiger partial charge in [0.2, 0.25) is 5.91 Å². The van der Waals surface area contributed by atoms with Crippen molar-refractivity contribution in [3.8, 4) is 0 Å². The zero-order valence-electron chi connectivity index (χ0n) is 9.76. The van der Waals surface area contributed by atoms with Crippen LogP contribution in [0.2, 0.25) is 5.02 Å². The van der Waals surface area contributed by atoms with E-state index in [0.29, 0.717) is 16.4 Å². The van der Waals surface area contributed by atoms with Gasteiger partial charge in [-0.1, -0.05) is 11.6 Å². The van der Waals surface area contributed by atoms with Crippen molar-refractivity contribution in [3.05, 3.63) is 29.3 Å². The minimum Gasteiger partial charge on any atom is -0.368 e. The number of nitrogens with two attached hydrogens (primary N) is 1. The molecule has 0 saturated carbocycles. The second kappa shape index (κ2) is 4.78. The molecule has 0 spiro atoms. The van der Waals surface area contributed by atoms with Crippen molar-refractivity contribution in [3.63, 3.8) is 0 Å². The minimum atomic E-state index is -0.620. The average molecular weight is 266 g/mol. The number of anilines is 1. The van der Waals surface area contributed by atoms with Gasteiger partial charge in [-0.2, -0.15) is 5.10 Å². The Balaban J connectivity index is 2.36. The van der Waals surface area contributed by atoms with Gasteiger partial charge >= 0.3 is 0 Å². The van der Waals surface area contributed by atoms with Crippen LogP contribution in [0.15, 0.2) is 29.4 Å². The Morgan fingerprint density at radius 1 is 1.39 bits per heavy atom. The molecule has 0 saturated heterocycles. The summed E-state index contributed by atoms with van der Waals surface area (Å²) in [4.78, 5) is 22.7. The molecule has 18 heavy (non-hydrogen) atoms. The summed E-state index contributed by atoms with van der Waals surface area (Å²) in [5.74, 6) is -0.664. The number of hydrogen-bond donors (Lipinski definition) is 1. The highest BCUT2D eigenvalue weighted by Crippen LogP contribution is 2.26.